The molecule has 0 saturated heterocycles. The van der Waals surface area contributed by atoms with E-state index in [9.17, 15) is 9.90 Å². The van der Waals surface area contributed by atoms with E-state index in [2.05, 4.69) is 4.90 Å². The van der Waals surface area contributed by atoms with Crippen molar-refractivity contribution in [3.8, 4) is 11.5 Å². The van der Waals surface area contributed by atoms with Gasteiger partial charge in [-0.25, -0.2) is 0 Å². The number of anilines is 3. The smallest absolute Gasteiger partial charge is 0.193 e. The third-order valence-corrected chi connectivity index (χ3v) is 7.09. The molecule has 7 rings (SSSR count). The van der Waals surface area contributed by atoms with Crippen LogP contribution in [0.3, 0.4) is 0 Å². The van der Waals surface area contributed by atoms with Crippen LogP contribution < -0.4 is 9.64 Å². The first-order valence-corrected chi connectivity index (χ1v) is 11.9. The van der Waals surface area contributed by atoms with Gasteiger partial charge in [-0.15, -0.1) is 0 Å². The van der Waals surface area contributed by atoms with E-state index in [-0.39, 0.29) is 5.78 Å². The fraction of sp³-hybridized carbons (Fsp3) is 0.0312. The molecule has 0 radical (unpaired) electrons. The van der Waals surface area contributed by atoms with Gasteiger partial charge < -0.3 is 14.7 Å². The van der Waals surface area contributed by atoms with E-state index in [1.807, 2.05) is 109 Å². The van der Waals surface area contributed by atoms with Crippen molar-refractivity contribution in [2.24, 2.45) is 0 Å². The summed E-state index contributed by atoms with van der Waals surface area (Å²) < 4.78 is 6.22. The lowest BCUT2D eigenvalue weighted by Gasteiger charge is -2.40. The van der Waals surface area contributed by atoms with Crippen LogP contribution in [0.4, 0.5) is 17.1 Å². The molecule has 4 nitrogen and oxygen atoms in total. The highest BCUT2D eigenvalue weighted by Crippen LogP contribution is 2.54. The molecule has 0 amide bonds. The van der Waals surface area contributed by atoms with Crippen LogP contribution in [0.1, 0.15) is 32.6 Å². The van der Waals surface area contributed by atoms with Crippen molar-refractivity contribution in [1.29, 1.82) is 0 Å². The summed E-state index contributed by atoms with van der Waals surface area (Å²) in [6, 6.07) is 38.3. The molecule has 172 valence electrons. The fourth-order valence-electron chi connectivity index (χ4n) is 5.51. The van der Waals surface area contributed by atoms with Crippen LogP contribution in [-0.2, 0) is 5.60 Å². The monoisotopic (exact) mass is 467 g/mol. The van der Waals surface area contributed by atoms with E-state index in [1.54, 1.807) is 12.1 Å². The summed E-state index contributed by atoms with van der Waals surface area (Å²) in [7, 11) is 0. The third-order valence-electron chi connectivity index (χ3n) is 7.09. The van der Waals surface area contributed by atoms with Crippen molar-refractivity contribution in [2.45, 2.75) is 5.60 Å². The summed E-state index contributed by atoms with van der Waals surface area (Å²) in [5.41, 5.74) is 3.88. The molecule has 1 N–H and O–H groups in total. The number of ether oxygens (including phenoxy) is 1. The van der Waals surface area contributed by atoms with Gasteiger partial charge in [-0.2, -0.15) is 0 Å². The number of carbonyl (C=O) groups is 1. The molecule has 1 aliphatic heterocycles. The molecule has 0 aromatic heterocycles. The van der Waals surface area contributed by atoms with E-state index in [0.29, 0.717) is 27.8 Å². The maximum absolute atomic E-state index is 13.4. The second kappa shape index (κ2) is 7.67. The lowest BCUT2D eigenvalue weighted by atomic mass is 9.70. The van der Waals surface area contributed by atoms with Crippen LogP contribution in [0.2, 0.25) is 0 Å². The highest BCUT2D eigenvalue weighted by atomic mass is 16.5. The first-order chi connectivity index (χ1) is 17.7. The number of nitrogens with zero attached hydrogens (tertiary/aromatic N) is 1. The van der Waals surface area contributed by atoms with Crippen LogP contribution in [0.15, 0.2) is 121 Å². The molecule has 0 unspecified atom stereocenters. The first kappa shape index (κ1) is 20.7. The average Bonchev–Trinajstić information content (AvgIpc) is 2.94. The molecular formula is C32H21NO3. The molecule has 1 aliphatic carbocycles. The van der Waals surface area contributed by atoms with Crippen LogP contribution in [0, 0.1) is 0 Å². The molecule has 0 fully saturated rings. The molecule has 5 aromatic rings. The van der Waals surface area contributed by atoms with Gasteiger partial charge in [0.25, 0.3) is 0 Å². The number of benzene rings is 5. The summed E-state index contributed by atoms with van der Waals surface area (Å²) in [6.45, 7) is 0. The van der Waals surface area contributed by atoms with Crippen molar-refractivity contribution < 1.29 is 14.6 Å². The zero-order valence-corrected chi connectivity index (χ0v) is 19.3. The Bertz CT molecular complexity index is 1580. The quantitative estimate of drug-likeness (QED) is 0.295. The van der Waals surface area contributed by atoms with Gasteiger partial charge in [0.1, 0.15) is 5.60 Å². The molecule has 0 spiro atoms. The van der Waals surface area contributed by atoms with Gasteiger partial charge in [-0.3, -0.25) is 4.79 Å². The topological polar surface area (TPSA) is 49.8 Å². The van der Waals surface area contributed by atoms with Gasteiger partial charge in [-0.05, 0) is 30.3 Å². The zero-order chi connectivity index (χ0) is 24.3. The van der Waals surface area contributed by atoms with Crippen molar-refractivity contribution in [1.82, 2.24) is 0 Å². The molecule has 4 heteroatoms. The van der Waals surface area contributed by atoms with Crippen molar-refractivity contribution in [3.05, 3.63) is 149 Å². The van der Waals surface area contributed by atoms with E-state index >= 15 is 0 Å². The Hall–Kier alpha value is -4.67. The Balaban J connectivity index is 1.55. The minimum atomic E-state index is -1.54. The van der Waals surface area contributed by atoms with Crippen molar-refractivity contribution in [2.75, 3.05) is 4.90 Å². The number of hydrogen-bond donors (Lipinski definition) is 1. The van der Waals surface area contributed by atoms with Gasteiger partial charge in [-0.1, -0.05) is 91.0 Å². The van der Waals surface area contributed by atoms with Crippen molar-refractivity contribution in [3.63, 3.8) is 0 Å². The minimum Gasteiger partial charge on any atom is -0.453 e. The van der Waals surface area contributed by atoms with E-state index in [1.165, 1.54) is 0 Å². The first-order valence-electron chi connectivity index (χ1n) is 11.9. The van der Waals surface area contributed by atoms with Crippen LogP contribution >= 0.6 is 0 Å². The average molecular weight is 468 g/mol. The summed E-state index contributed by atoms with van der Waals surface area (Å²) in [5, 5.41) is 12.8. The Morgan fingerprint density at radius 1 is 0.528 bits per heavy atom. The van der Waals surface area contributed by atoms with Gasteiger partial charge in [0.05, 0.1) is 17.1 Å². The van der Waals surface area contributed by atoms with Crippen LogP contribution in [0.25, 0.3) is 0 Å². The molecule has 0 bridgehead atoms. The fourth-order valence-corrected chi connectivity index (χ4v) is 5.51. The van der Waals surface area contributed by atoms with Gasteiger partial charge in [0.2, 0.25) is 0 Å². The van der Waals surface area contributed by atoms with Gasteiger partial charge in [0.15, 0.2) is 17.3 Å². The Labute approximate surface area is 208 Å². The van der Waals surface area contributed by atoms with Gasteiger partial charge in [0, 0.05) is 27.8 Å². The molecule has 36 heavy (non-hydrogen) atoms. The van der Waals surface area contributed by atoms with Crippen LogP contribution in [-0.4, -0.2) is 10.9 Å². The van der Waals surface area contributed by atoms with Crippen LogP contribution in [0.5, 0.6) is 11.5 Å². The number of ketones is 1. The normalized spacial score (nSPS) is 14.7. The van der Waals surface area contributed by atoms with Crippen molar-refractivity contribution >= 4 is 22.8 Å². The molecule has 5 aromatic carbocycles. The molecule has 0 saturated carbocycles. The molecule has 1 heterocycles. The summed E-state index contributed by atoms with van der Waals surface area (Å²) in [4.78, 5) is 15.5. The number of fused-ring (bicyclic) bond motifs is 4. The summed E-state index contributed by atoms with van der Waals surface area (Å²) >= 11 is 0. The standard InChI is InChI=1S/C32H21NO3/c34-31-21-11-1-3-13-23(21)32(35,24-14-4-2-12-22(24)31)25-15-5-6-16-26(25)33-27-17-7-9-19-29(27)36-30-20-10-8-18-28(30)33/h1-20,35H. The third kappa shape index (κ3) is 2.76. The van der Waals surface area contributed by atoms with E-state index in [0.717, 1.165) is 28.6 Å². The second-order valence-electron chi connectivity index (χ2n) is 9.02. The van der Waals surface area contributed by atoms with Gasteiger partial charge >= 0.3 is 0 Å². The number of carbonyl (C=O) groups excluding carboxylic acids is 1. The lowest BCUT2D eigenvalue weighted by Crippen LogP contribution is -2.37. The highest BCUT2D eigenvalue weighted by Gasteiger charge is 2.45. The maximum atomic E-state index is 13.4. The molecule has 2 aliphatic rings. The largest absolute Gasteiger partial charge is 0.453 e. The molecular weight excluding hydrogens is 446 g/mol. The lowest BCUT2D eigenvalue weighted by molar-refractivity contribution is 0.0951. The zero-order valence-electron chi connectivity index (χ0n) is 19.3. The van der Waals surface area contributed by atoms with E-state index in [4.69, 9.17) is 4.74 Å². The highest BCUT2D eigenvalue weighted by molar-refractivity contribution is 6.13. The summed E-state index contributed by atoms with van der Waals surface area (Å²) in [6.07, 6.45) is 0. The Kier molecular flexibility index (Phi) is 4.41. The maximum Gasteiger partial charge on any atom is 0.193 e. The Morgan fingerprint density at radius 2 is 0.944 bits per heavy atom. The minimum absolute atomic E-state index is 0.0783. The number of aliphatic hydroxyl groups is 1. The molecule has 0 atom stereocenters. The number of hydrogen-bond acceptors (Lipinski definition) is 4. The number of para-hydroxylation sites is 5. The summed E-state index contributed by atoms with van der Waals surface area (Å²) in [5.74, 6) is 1.39. The Morgan fingerprint density at radius 3 is 1.50 bits per heavy atom. The SMILES string of the molecule is O=C1c2ccccc2C(O)(c2ccccc2N2c3ccccc3Oc3ccccc32)c2ccccc21. The second-order valence-corrected chi connectivity index (χ2v) is 9.02. The predicted molar refractivity (Wildman–Crippen MR) is 140 cm³/mol. The van der Waals surface area contributed by atoms with E-state index < -0.39 is 5.60 Å². The number of rotatable bonds is 2. The predicted octanol–water partition coefficient (Wildman–Crippen LogP) is 7.09.